The fourth-order valence-corrected chi connectivity index (χ4v) is 3.29. The molecular formula is C19H18ClFN4O. The van der Waals surface area contributed by atoms with Crippen LogP contribution in [0.25, 0.3) is 22.4 Å². The zero-order valence-electron chi connectivity index (χ0n) is 14.1. The van der Waals surface area contributed by atoms with Gasteiger partial charge in [0.25, 0.3) is 5.91 Å². The van der Waals surface area contributed by atoms with Crippen molar-refractivity contribution in [2.45, 2.75) is 19.3 Å². The minimum atomic E-state index is -0.487. The van der Waals surface area contributed by atoms with Crippen molar-refractivity contribution in [3.05, 3.63) is 52.8 Å². The van der Waals surface area contributed by atoms with Crippen molar-refractivity contribution in [1.82, 2.24) is 20.4 Å². The van der Waals surface area contributed by atoms with Gasteiger partial charge in [0.15, 0.2) is 0 Å². The van der Waals surface area contributed by atoms with E-state index in [1.165, 1.54) is 18.6 Å². The Morgan fingerprint density at radius 2 is 1.88 bits per heavy atom. The van der Waals surface area contributed by atoms with Crippen molar-refractivity contribution in [3.8, 4) is 11.4 Å². The molecule has 1 aromatic heterocycles. The van der Waals surface area contributed by atoms with Crippen LogP contribution in [-0.4, -0.2) is 34.0 Å². The van der Waals surface area contributed by atoms with Gasteiger partial charge in [-0.15, -0.1) is 0 Å². The van der Waals surface area contributed by atoms with Crippen molar-refractivity contribution >= 4 is 28.5 Å². The molecule has 26 heavy (non-hydrogen) atoms. The summed E-state index contributed by atoms with van der Waals surface area (Å²) in [4.78, 5) is 19.9. The Morgan fingerprint density at radius 3 is 2.62 bits per heavy atom. The van der Waals surface area contributed by atoms with Crippen LogP contribution in [0.15, 0.2) is 36.4 Å². The van der Waals surface area contributed by atoms with Gasteiger partial charge in [-0.2, -0.15) is 0 Å². The lowest BCUT2D eigenvalue weighted by molar-refractivity contribution is 0.0750. The van der Waals surface area contributed by atoms with Crippen LogP contribution in [0.3, 0.4) is 0 Å². The minimum Gasteiger partial charge on any atom is -0.338 e. The summed E-state index contributed by atoms with van der Waals surface area (Å²) < 4.78 is 13.6. The summed E-state index contributed by atoms with van der Waals surface area (Å²) in [7, 11) is 0. The molecule has 0 unspecified atom stereocenters. The number of aromatic nitrogens is 2. The third kappa shape index (κ3) is 3.43. The number of hydrogen-bond donors (Lipinski definition) is 2. The van der Waals surface area contributed by atoms with Crippen molar-refractivity contribution in [2.75, 3.05) is 13.1 Å². The van der Waals surface area contributed by atoms with E-state index in [2.05, 4.69) is 15.4 Å². The van der Waals surface area contributed by atoms with Crippen molar-refractivity contribution in [3.63, 3.8) is 0 Å². The Balaban J connectivity index is 1.52. The van der Waals surface area contributed by atoms with Crippen LogP contribution in [-0.2, 0) is 0 Å². The highest BCUT2D eigenvalue weighted by Crippen LogP contribution is 2.25. The molecule has 0 aliphatic carbocycles. The topological polar surface area (TPSA) is 61.0 Å². The first-order valence-corrected chi connectivity index (χ1v) is 8.99. The number of imidazole rings is 1. The summed E-state index contributed by atoms with van der Waals surface area (Å²) in [6.07, 6.45) is 3.43. The molecule has 134 valence electrons. The average Bonchev–Trinajstić information content (AvgIpc) is 3.06. The summed E-state index contributed by atoms with van der Waals surface area (Å²) in [6.45, 7) is 1.78. The minimum absolute atomic E-state index is 0.0419. The van der Waals surface area contributed by atoms with Gasteiger partial charge in [0.1, 0.15) is 11.6 Å². The summed E-state index contributed by atoms with van der Waals surface area (Å²) in [5.74, 6) is 0.000614. The first-order valence-electron chi connectivity index (χ1n) is 8.61. The van der Waals surface area contributed by atoms with E-state index in [0.29, 0.717) is 22.4 Å². The maximum absolute atomic E-state index is 13.6. The molecule has 0 atom stereocenters. The SMILES string of the molecule is O=C(NN1CCCCC1)c1ccc(-c2nc3cc(Cl)c(F)cc3[nH]2)cc1. The van der Waals surface area contributed by atoms with Crippen LogP contribution < -0.4 is 5.43 Å². The van der Waals surface area contributed by atoms with E-state index in [0.717, 1.165) is 31.5 Å². The van der Waals surface area contributed by atoms with Crippen LogP contribution in [0.1, 0.15) is 29.6 Å². The molecule has 2 heterocycles. The molecule has 0 spiro atoms. The molecule has 2 aromatic carbocycles. The quantitative estimate of drug-likeness (QED) is 0.726. The second kappa shape index (κ2) is 7.05. The third-order valence-electron chi connectivity index (χ3n) is 4.56. The highest BCUT2D eigenvalue weighted by molar-refractivity contribution is 6.31. The van der Waals surface area contributed by atoms with Crippen molar-refractivity contribution in [1.29, 1.82) is 0 Å². The molecule has 1 aliphatic rings. The number of piperidine rings is 1. The van der Waals surface area contributed by atoms with E-state index < -0.39 is 5.82 Å². The van der Waals surface area contributed by atoms with Gasteiger partial charge in [0, 0.05) is 30.3 Å². The number of hydrogen-bond acceptors (Lipinski definition) is 3. The first kappa shape index (κ1) is 17.0. The lowest BCUT2D eigenvalue weighted by Crippen LogP contribution is -2.45. The van der Waals surface area contributed by atoms with Gasteiger partial charge in [-0.3, -0.25) is 10.2 Å². The van der Waals surface area contributed by atoms with Gasteiger partial charge in [0.2, 0.25) is 0 Å². The highest BCUT2D eigenvalue weighted by Gasteiger charge is 2.15. The van der Waals surface area contributed by atoms with E-state index in [9.17, 15) is 9.18 Å². The largest absolute Gasteiger partial charge is 0.338 e. The van der Waals surface area contributed by atoms with Crippen molar-refractivity contribution < 1.29 is 9.18 Å². The van der Waals surface area contributed by atoms with E-state index in [1.807, 2.05) is 17.1 Å². The number of benzene rings is 2. The Hall–Kier alpha value is -2.44. The highest BCUT2D eigenvalue weighted by atomic mass is 35.5. The number of fused-ring (bicyclic) bond motifs is 1. The lowest BCUT2D eigenvalue weighted by Gasteiger charge is -2.26. The first-order chi connectivity index (χ1) is 12.6. The molecule has 1 aliphatic heterocycles. The lowest BCUT2D eigenvalue weighted by atomic mass is 10.1. The maximum Gasteiger partial charge on any atom is 0.265 e. The number of carbonyl (C=O) groups excluding carboxylic acids is 1. The Morgan fingerprint density at radius 1 is 1.15 bits per heavy atom. The van der Waals surface area contributed by atoms with Crippen LogP contribution >= 0.6 is 11.6 Å². The summed E-state index contributed by atoms with van der Waals surface area (Å²) >= 11 is 5.80. The summed E-state index contributed by atoms with van der Waals surface area (Å²) in [5.41, 5.74) is 5.52. The van der Waals surface area contributed by atoms with Crippen LogP contribution in [0.5, 0.6) is 0 Å². The molecule has 0 radical (unpaired) electrons. The van der Waals surface area contributed by atoms with E-state index in [4.69, 9.17) is 11.6 Å². The predicted octanol–water partition coefficient (Wildman–Crippen LogP) is 4.15. The number of rotatable bonds is 3. The zero-order chi connectivity index (χ0) is 18.1. The fourth-order valence-electron chi connectivity index (χ4n) is 3.13. The number of aromatic amines is 1. The molecule has 3 aromatic rings. The van der Waals surface area contributed by atoms with Gasteiger partial charge in [0.05, 0.1) is 16.1 Å². The predicted molar refractivity (Wildman–Crippen MR) is 99.4 cm³/mol. The third-order valence-corrected chi connectivity index (χ3v) is 4.85. The number of nitrogens with one attached hydrogen (secondary N) is 2. The molecular weight excluding hydrogens is 355 g/mol. The Labute approximate surface area is 155 Å². The summed E-state index contributed by atoms with van der Waals surface area (Å²) in [5, 5.41) is 2.01. The molecule has 0 bridgehead atoms. The van der Waals surface area contributed by atoms with Crippen molar-refractivity contribution in [2.24, 2.45) is 0 Å². The molecule has 1 fully saturated rings. The molecule has 4 rings (SSSR count). The van der Waals surface area contributed by atoms with Crippen LogP contribution in [0, 0.1) is 5.82 Å². The van der Waals surface area contributed by atoms with Gasteiger partial charge >= 0.3 is 0 Å². The van der Waals surface area contributed by atoms with Gasteiger partial charge < -0.3 is 4.98 Å². The zero-order valence-corrected chi connectivity index (χ0v) is 14.8. The van der Waals surface area contributed by atoms with Gasteiger partial charge in [-0.25, -0.2) is 14.4 Å². The van der Waals surface area contributed by atoms with E-state index in [-0.39, 0.29) is 10.9 Å². The summed E-state index contributed by atoms with van der Waals surface area (Å²) in [6, 6.07) is 9.98. The number of amides is 1. The van der Waals surface area contributed by atoms with E-state index in [1.54, 1.807) is 12.1 Å². The standard InChI is InChI=1S/C19H18ClFN4O/c20-14-10-16-17(11-15(14)21)23-18(22-16)12-4-6-13(7-5-12)19(26)24-25-8-2-1-3-9-25/h4-7,10-11H,1-3,8-9H2,(H,22,23)(H,24,26). The number of hydrazine groups is 1. The molecule has 7 heteroatoms. The normalized spacial score (nSPS) is 15.3. The fraction of sp³-hybridized carbons (Fsp3) is 0.263. The number of carbonyl (C=O) groups is 1. The Kier molecular flexibility index (Phi) is 4.61. The molecule has 1 amide bonds. The maximum atomic E-state index is 13.6. The smallest absolute Gasteiger partial charge is 0.265 e. The second-order valence-corrected chi connectivity index (χ2v) is 6.84. The van der Waals surface area contributed by atoms with E-state index >= 15 is 0 Å². The van der Waals surface area contributed by atoms with Crippen LogP contribution in [0.4, 0.5) is 4.39 Å². The van der Waals surface area contributed by atoms with Crippen LogP contribution in [0.2, 0.25) is 5.02 Å². The molecule has 0 saturated carbocycles. The average molecular weight is 373 g/mol. The Bertz CT molecular complexity index is 909. The van der Waals surface area contributed by atoms with Gasteiger partial charge in [-0.05, 0) is 31.0 Å². The number of nitrogens with zero attached hydrogens (tertiary/aromatic N) is 2. The monoisotopic (exact) mass is 372 g/mol. The number of H-pyrrole nitrogens is 1. The van der Waals surface area contributed by atoms with Gasteiger partial charge in [-0.1, -0.05) is 30.2 Å². The molecule has 5 nitrogen and oxygen atoms in total. The number of halogens is 2. The second-order valence-electron chi connectivity index (χ2n) is 6.43. The molecule has 1 saturated heterocycles. The molecule has 2 N–H and O–H groups in total.